The first kappa shape index (κ1) is 11.0. The SMILES string of the molecule is CCc1c(C)nc(C(N)=O)c(Cl)c1C. The average Bonchev–Trinajstić information content (AvgIpc) is 2.12. The standard InChI is InChI=1S/C10H13ClN2O/c1-4-7-5(2)8(11)9(10(12)14)13-6(7)3/h4H2,1-3H3,(H2,12,14). The molecule has 0 spiro atoms. The Hall–Kier alpha value is -1.09. The van der Waals surface area contributed by atoms with Gasteiger partial charge < -0.3 is 5.73 Å². The van der Waals surface area contributed by atoms with Crippen molar-refractivity contribution in [3.63, 3.8) is 0 Å². The number of primary amides is 1. The summed E-state index contributed by atoms with van der Waals surface area (Å²) in [5, 5.41) is 0.375. The third kappa shape index (κ3) is 1.73. The maximum atomic E-state index is 11.0. The average molecular weight is 213 g/mol. The molecule has 14 heavy (non-hydrogen) atoms. The van der Waals surface area contributed by atoms with Crippen LogP contribution in [-0.2, 0) is 6.42 Å². The van der Waals surface area contributed by atoms with E-state index in [-0.39, 0.29) is 5.69 Å². The zero-order valence-corrected chi connectivity index (χ0v) is 9.27. The van der Waals surface area contributed by atoms with Crippen LogP contribution < -0.4 is 5.73 Å². The lowest BCUT2D eigenvalue weighted by Gasteiger charge is -2.10. The number of pyridine rings is 1. The summed E-state index contributed by atoms with van der Waals surface area (Å²) in [7, 11) is 0. The van der Waals surface area contributed by atoms with Gasteiger partial charge in [-0.3, -0.25) is 4.79 Å². The summed E-state index contributed by atoms with van der Waals surface area (Å²) >= 11 is 5.98. The van der Waals surface area contributed by atoms with Gasteiger partial charge in [-0.15, -0.1) is 0 Å². The van der Waals surface area contributed by atoms with Crippen molar-refractivity contribution in [2.75, 3.05) is 0 Å². The number of hydrogen-bond acceptors (Lipinski definition) is 2. The molecular formula is C10H13ClN2O. The van der Waals surface area contributed by atoms with E-state index in [1.54, 1.807) is 0 Å². The quantitative estimate of drug-likeness (QED) is 0.816. The maximum Gasteiger partial charge on any atom is 0.268 e. The first-order valence-electron chi connectivity index (χ1n) is 4.44. The summed E-state index contributed by atoms with van der Waals surface area (Å²) in [4.78, 5) is 15.1. The van der Waals surface area contributed by atoms with E-state index in [0.29, 0.717) is 5.02 Å². The summed E-state index contributed by atoms with van der Waals surface area (Å²) in [6.45, 7) is 5.76. The highest BCUT2D eigenvalue weighted by Crippen LogP contribution is 2.24. The van der Waals surface area contributed by atoms with E-state index in [0.717, 1.165) is 23.2 Å². The van der Waals surface area contributed by atoms with Gasteiger partial charge in [0.05, 0.1) is 5.02 Å². The van der Waals surface area contributed by atoms with Crippen LogP contribution in [0.2, 0.25) is 5.02 Å². The number of carbonyl (C=O) groups excluding carboxylic acids is 1. The summed E-state index contributed by atoms with van der Waals surface area (Å²) in [5.74, 6) is -0.580. The second-order valence-corrected chi connectivity index (χ2v) is 3.56. The molecule has 0 aromatic carbocycles. The molecule has 1 aromatic heterocycles. The second kappa shape index (κ2) is 3.96. The Morgan fingerprint density at radius 3 is 2.50 bits per heavy atom. The minimum absolute atomic E-state index is 0.166. The molecule has 1 rings (SSSR count). The summed E-state index contributed by atoms with van der Waals surface area (Å²) in [6, 6.07) is 0. The predicted octanol–water partition coefficient (Wildman–Crippen LogP) is 2.01. The number of rotatable bonds is 2. The van der Waals surface area contributed by atoms with Gasteiger partial charge in [0.25, 0.3) is 5.91 Å². The zero-order chi connectivity index (χ0) is 10.9. The van der Waals surface area contributed by atoms with Crippen LogP contribution in [-0.4, -0.2) is 10.9 Å². The van der Waals surface area contributed by atoms with Crippen molar-refractivity contribution >= 4 is 17.5 Å². The van der Waals surface area contributed by atoms with Crippen LogP contribution in [0.3, 0.4) is 0 Å². The van der Waals surface area contributed by atoms with Crippen LogP contribution in [0, 0.1) is 13.8 Å². The molecule has 4 heteroatoms. The van der Waals surface area contributed by atoms with E-state index >= 15 is 0 Å². The number of hydrogen-bond donors (Lipinski definition) is 1. The third-order valence-electron chi connectivity index (χ3n) is 2.29. The molecule has 0 aliphatic rings. The monoisotopic (exact) mass is 212 g/mol. The van der Waals surface area contributed by atoms with Gasteiger partial charge in [0.15, 0.2) is 0 Å². The summed E-state index contributed by atoms with van der Waals surface area (Å²) in [6.07, 6.45) is 0.851. The highest BCUT2D eigenvalue weighted by molar-refractivity contribution is 6.34. The first-order chi connectivity index (χ1) is 6.49. The van der Waals surface area contributed by atoms with Gasteiger partial charge in [-0.1, -0.05) is 18.5 Å². The lowest BCUT2D eigenvalue weighted by molar-refractivity contribution is 0.0995. The molecule has 2 N–H and O–H groups in total. The van der Waals surface area contributed by atoms with E-state index in [2.05, 4.69) is 4.98 Å². The molecule has 1 aromatic rings. The molecule has 0 saturated heterocycles. The predicted molar refractivity (Wildman–Crippen MR) is 56.6 cm³/mol. The summed E-state index contributed by atoms with van der Waals surface area (Å²) < 4.78 is 0. The Bertz CT molecular complexity index is 388. The molecule has 76 valence electrons. The van der Waals surface area contributed by atoms with Crippen LogP contribution in [0.4, 0.5) is 0 Å². The zero-order valence-electron chi connectivity index (χ0n) is 8.52. The molecule has 0 radical (unpaired) electrons. The van der Waals surface area contributed by atoms with Crippen LogP contribution in [0.25, 0.3) is 0 Å². The van der Waals surface area contributed by atoms with Gasteiger partial charge in [0.1, 0.15) is 5.69 Å². The number of amides is 1. The van der Waals surface area contributed by atoms with Gasteiger partial charge in [0.2, 0.25) is 0 Å². The first-order valence-corrected chi connectivity index (χ1v) is 4.82. The Labute approximate surface area is 88.3 Å². The minimum atomic E-state index is -0.580. The molecule has 0 aliphatic carbocycles. The lowest BCUT2D eigenvalue weighted by atomic mass is 10.0. The molecular weight excluding hydrogens is 200 g/mol. The summed E-state index contributed by atoms with van der Waals surface area (Å²) in [5.41, 5.74) is 8.13. The number of aryl methyl sites for hydroxylation is 1. The molecule has 1 amide bonds. The fourth-order valence-electron chi connectivity index (χ4n) is 1.55. The van der Waals surface area contributed by atoms with E-state index in [1.165, 1.54) is 0 Å². The van der Waals surface area contributed by atoms with E-state index in [4.69, 9.17) is 17.3 Å². The smallest absolute Gasteiger partial charge is 0.268 e. The highest BCUT2D eigenvalue weighted by Gasteiger charge is 2.15. The van der Waals surface area contributed by atoms with Crippen molar-refractivity contribution in [3.05, 3.63) is 27.5 Å². The topological polar surface area (TPSA) is 56.0 Å². The Morgan fingerprint density at radius 2 is 2.07 bits per heavy atom. The van der Waals surface area contributed by atoms with Crippen LogP contribution >= 0.6 is 11.6 Å². The van der Waals surface area contributed by atoms with Gasteiger partial charge >= 0.3 is 0 Å². The number of nitrogens with zero attached hydrogens (tertiary/aromatic N) is 1. The van der Waals surface area contributed by atoms with Crippen molar-refractivity contribution in [3.8, 4) is 0 Å². The molecule has 0 aliphatic heterocycles. The molecule has 0 unspecified atom stereocenters. The molecule has 0 saturated carbocycles. The van der Waals surface area contributed by atoms with E-state index in [9.17, 15) is 4.79 Å². The van der Waals surface area contributed by atoms with Gasteiger partial charge in [-0.05, 0) is 31.4 Å². The molecule has 3 nitrogen and oxygen atoms in total. The van der Waals surface area contributed by atoms with Crippen LogP contribution in [0.1, 0.15) is 34.2 Å². The molecule has 0 bridgehead atoms. The fourth-order valence-corrected chi connectivity index (χ4v) is 1.80. The van der Waals surface area contributed by atoms with E-state index < -0.39 is 5.91 Å². The van der Waals surface area contributed by atoms with Crippen molar-refractivity contribution in [1.29, 1.82) is 0 Å². The Balaban J connectivity index is 3.47. The number of carbonyl (C=O) groups is 1. The van der Waals surface area contributed by atoms with Gasteiger partial charge in [-0.25, -0.2) is 4.98 Å². The van der Waals surface area contributed by atoms with E-state index in [1.807, 2.05) is 20.8 Å². The fraction of sp³-hybridized carbons (Fsp3) is 0.400. The number of aromatic nitrogens is 1. The van der Waals surface area contributed by atoms with Crippen LogP contribution in [0.5, 0.6) is 0 Å². The highest BCUT2D eigenvalue weighted by atomic mass is 35.5. The number of halogens is 1. The van der Waals surface area contributed by atoms with Crippen molar-refractivity contribution in [2.24, 2.45) is 5.73 Å². The van der Waals surface area contributed by atoms with Gasteiger partial charge in [-0.2, -0.15) is 0 Å². The van der Waals surface area contributed by atoms with Crippen molar-refractivity contribution in [2.45, 2.75) is 27.2 Å². The molecule has 1 heterocycles. The van der Waals surface area contributed by atoms with Crippen LogP contribution in [0.15, 0.2) is 0 Å². The molecule has 0 fully saturated rings. The third-order valence-corrected chi connectivity index (χ3v) is 2.76. The van der Waals surface area contributed by atoms with Crippen molar-refractivity contribution < 1.29 is 4.79 Å². The Morgan fingerprint density at radius 1 is 1.50 bits per heavy atom. The Kier molecular flexibility index (Phi) is 3.11. The maximum absolute atomic E-state index is 11.0. The van der Waals surface area contributed by atoms with Gasteiger partial charge in [0, 0.05) is 5.69 Å². The van der Waals surface area contributed by atoms with Crippen molar-refractivity contribution in [1.82, 2.24) is 4.98 Å². The normalized spacial score (nSPS) is 10.3. The lowest BCUT2D eigenvalue weighted by Crippen LogP contribution is -2.16. The largest absolute Gasteiger partial charge is 0.364 e. The minimum Gasteiger partial charge on any atom is -0.364 e. The second-order valence-electron chi connectivity index (χ2n) is 3.18. The molecule has 0 atom stereocenters. The number of nitrogens with two attached hydrogens (primary N) is 1.